The maximum absolute atomic E-state index is 12.7. The molecule has 2 aromatic carbocycles. The van der Waals surface area contributed by atoms with Crippen molar-refractivity contribution in [1.82, 2.24) is 4.98 Å². The number of carbonyl (C=O) groups excluding carboxylic acids is 1. The molecule has 0 bridgehead atoms. The summed E-state index contributed by atoms with van der Waals surface area (Å²) in [5.41, 5.74) is 3.98. The molecule has 8 heteroatoms. The van der Waals surface area contributed by atoms with Crippen LogP contribution in [0.3, 0.4) is 0 Å². The lowest BCUT2D eigenvalue weighted by molar-refractivity contribution is -0.385. The molecule has 144 valence electrons. The summed E-state index contributed by atoms with van der Waals surface area (Å²) >= 11 is 0. The Morgan fingerprint density at radius 2 is 1.93 bits per heavy atom. The zero-order chi connectivity index (χ0) is 20.5. The number of anilines is 1. The molecular formula is C21H17N4O4+. The van der Waals surface area contributed by atoms with Crippen LogP contribution in [-0.2, 0) is 0 Å². The first-order valence-electron chi connectivity index (χ1n) is 8.87. The highest BCUT2D eigenvalue weighted by Gasteiger charge is 2.19. The lowest BCUT2D eigenvalue weighted by Gasteiger charge is -2.09. The number of amides is 1. The van der Waals surface area contributed by atoms with Crippen molar-refractivity contribution in [2.24, 2.45) is 0 Å². The number of fused-ring (bicyclic) bond motifs is 1. The molecule has 0 aliphatic carbocycles. The fourth-order valence-electron chi connectivity index (χ4n) is 2.97. The van der Waals surface area contributed by atoms with Gasteiger partial charge in [-0.05, 0) is 49.7 Å². The number of carbonyl (C=O) groups is 1. The van der Waals surface area contributed by atoms with Crippen LogP contribution in [0.2, 0.25) is 0 Å². The molecule has 2 heterocycles. The number of benzene rings is 2. The first kappa shape index (κ1) is 18.3. The predicted octanol–water partition coefficient (Wildman–Crippen LogP) is 4.09. The number of hydrogen-bond donors (Lipinski definition) is 1. The minimum Gasteiger partial charge on any atom is -0.411 e. The summed E-state index contributed by atoms with van der Waals surface area (Å²) in [4.78, 5) is 30.7. The zero-order valence-corrected chi connectivity index (χ0v) is 15.7. The lowest BCUT2D eigenvalue weighted by Crippen LogP contribution is -2.13. The number of nitro benzene ring substituents is 1. The van der Waals surface area contributed by atoms with Gasteiger partial charge in [-0.25, -0.2) is 4.98 Å². The van der Waals surface area contributed by atoms with E-state index in [2.05, 4.69) is 15.3 Å². The smallest absolute Gasteiger partial charge is 0.368 e. The zero-order valence-electron chi connectivity index (χ0n) is 15.7. The number of pyridine rings is 1. The third-order valence-corrected chi connectivity index (χ3v) is 4.62. The predicted molar refractivity (Wildman–Crippen MR) is 107 cm³/mol. The minimum absolute atomic E-state index is 0.0918. The van der Waals surface area contributed by atoms with Gasteiger partial charge >= 0.3 is 11.5 Å². The van der Waals surface area contributed by atoms with Crippen molar-refractivity contribution in [3.05, 3.63) is 81.5 Å². The van der Waals surface area contributed by atoms with Gasteiger partial charge in [0.1, 0.15) is 0 Å². The summed E-state index contributed by atoms with van der Waals surface area (Å²) < 4.78 is 5.76. The molecule has 0 saturated heterocycles. The van der Waals surface area contributed by atoms with E-state index in [0.717, 1.165) is 5.56 Å². The summed E-state index contributed by atoms with van der Waals surface area (Å²) in [5, 5.41) is 14.0. The molecule has 2 aromatic heterocycles. The maximum atomic E-state index is 12.7. The number of H-pyrrole nitrogens is 1. The standard InChI is InChI=1S/C21H16N4O4/c1-12-5-8-15(21-24-19-18(29-21)4-3-9-22-19)10-16(12)23-20(26)14-7-6-13(2)17(11-14)25(27)28/h3-11H,1-2H3,(H,23,26)/p+1. The van der Waals surface area contributed by atoms with Crippen molar-refractivity contribution in [3.8, 4) is 11.5 Å². The second kappa shape index (κ2) is 7.16. The molecule has 0 saturated carbocycles. The number of nitrogens with zero attached hydrogens (tertiary/aromatic N) is 2. The average Bonchev–Trinajstić information content (AvgIpc) is 3.14. The SMILES string of the molecule is Cc1ccc(-c2nc3[nH+]cccc3o2)cc1NC(=O)c1ccc(C)c([N+](=O)[O-])c1. The first-order valence-corrected chi connectivity index (χ1v) is 8.87. The molecule has 1 amide bonds. The van der Waals surface area contributed by atoms with Crippen LogP contribution in [0.15, 0.2) is 59.1 Å². The van der Waals surface area contributed by atoms with Gasteiger partial charge in [0.05, 0.1) is 16.7 Å². The van der Waals surface area contributed by atoms with E-state index >= 15 is 0 Å². The number of aromatic amines is 1. The molecule has 8 nitrogen and oxygen atoms in total. The summed E-state index contributed by atoms with van der Waals surface area (Å²) in [6.07, 6.45) is 1.76. The van der Waals surface area contributed by atoms with E-state index < -0.39 is 10.8 Å². The van der Waals surface area contributed by atoms with Gasteiger partial charge < -0.3 is 9.73 Å². The second-order valence-corrected chi connectivity index (χ2v) is 6.64. The number of aromatic nitrogens is 2. The monoisotopic (exact) mass is 389 g/mol. The highest BCUT2D eigenvalue weighted by atomic mass is 16.6. The van der Waals surface area contributed by atoms with Crippen LogP contribution in [0.25, 0.3) is 22.7 Å². The van der Waals surface area contributed by atoms with E-state index in [1.54, 1.807) is 31.3 Å². The van der Waals surface area contributed by atoms with Crippen LogP contribution in [0.1, 0.15) is 21.5 Å². The molecule has 0 spiro atoms. The highest BCUT2D eigenvalue weighted by molar-refractivity contribution is 6.05. The number of nitrogens with one attached hydrogen (secondary N) is 2. The van der Waals surface area contributed by atoms with Gasteiger partial charge in [0.15, 0.2) is 0 Å². The van der Waals surface area contributed by atoms with E-state index in [0.29, 0.717) is 33.9 Å². The third kappa shape index (κ3) is 3.55. The molecule has 0 aliphatic rings. The number of rotatable bonds is 4. The number of oxazole rings is 1. The van der Waals surface area contributed by atoms with E-state index in [-0.39, 0.29) is 11.3 Å². The van der Waals surface area contributed by atoms with Crippen LogP contribution in [0.5, 0.6) is 0 Å². The normalized spacial score (nSPS) is 10.8. The van der Waals surface area contributed by atoms with Crippen LogP contribution in [0.4, 0.5) is 11.4 Å². The number of aryl methyl sites for hydroxylation is 2. The van der Waals surface area contributed by atoms with E-state index in [1.165, 1.54) is 6.07 Å². The molecule has 0 fully saturated rings. The Morgan fingerprint density at radius 3 is 2.69 bits per heavy atom. The van der Waals surface area contributed by atoms with Crippen LogP contribution in [-0.4, -0.2) is 15.8 Å². The van der Waals surface area contributed by atoms with E-state index in [9.17, 15) is 14.9 Å². The Bertz CT molecular complexity index is 1230. The van der Waals surface area contributed by atoms with Crippen molar-refractivity contribution in [3.63, 3.8) is 0 Å². The second-order valence-electron chi connectivity index (χ2n) is 6.64. The van der Waals surface area contributed by atoms with Crippen molar-refractivity contribution in [2.45, 2.75) is 13.8 Å². The summed E-state index contributed by atoms with van der Waals surface area (Å²) in [7, 11) is 0. The van der Waals surface area contributed by atoms with Crippen molar-refractivity contribution < 1.29 is 19.1 Å². The van der Waals surface area contributed by atoms with E-state index in [1.807, 2.05) is 31.2 Å². The number of nitro groups is 1. The molecule has 4 aromatic rings. The molecule has 0 atom stereocenters. The topological polar surface area (TPSA) is 112 Å². The van der Waals surface area contributed by atoms with Crippen molar-refractivity contribution in [2.75, 3.05) is 5.32 Å². The Hall–Kier alpha value is -4.07. The fraction of sp³-hybridized carbons (Fsp3) is 0.0952. The maximum Gasteiger partial charge on any atom is 0.368 e. The minimum atomic E-state index is -0.498. The Balaban J connectivity index is 1.65. The Morgan fingerprint density at radius 1 is 1.14 bits per heavy atom. The summed E-state index contributed by atoms with van der Waals surface area (Å²) in [6.45, 7) is 3.49. The first-order chi connectivity index (χ1) is 13.9. The van der Waals surface area contributed by atoms with Gasteiger partial charge in [-0.3, -0.25) is 14.9 Å². The molecule has 0 radical (unpaired) electrons. The summed E-state index contributed by atoms with van der Waals surface area (Å²) in [6, 6.07) is 13.5. The Kier molecular flexibility index (Phi) is 4.52. The van der Waals surface area contributed by atoms with Gasteiger partial charge in [-0.1, -0.05) is 12.1 Å². The number of hydrogen-bond acceptors (Lipinski definition) is 5. The molecular weight excluding hydrogens is 372 g/mol. The van der Waals surface area contributed by atoms with Gasteiger partial charge in [0.2, 0.25) is 5.58 Å². The average molecular weight is 389 g/mol. The van der Waals surface area contributed by atoms with Crippen molar-refractivity contribution in [1.29, 1.82) is 0 Å². The summed E-state index contributed by atoms with van der Waals surface area (Å²) in [5.74, 6) is -0.0110. The van der Waals surface area contributed by atoms with E-state index in [4.69, 9.17) is 4.42 Å². The fourth-order valence-corrected chi connectivity index (χ4v) is 2.97. The van der Waals surface area contributed by atoms with Crippen molar-refractivity contribution >= 4 is 28.5 Å². The van der Waals surface area contributed by atoms with Gasteiger partial charge in [0.25, 0.3) is 11.6 Å². The van der Waals surface area contributed by atoms with Gasteiger partial charge in [-0.2, -0.15) is 0 Å². The quantitative estimate of drug-likeness (QED) is 0.417. The third-order valence-electron chi connectivity index (χ3n) is 4.62. The Labute approximate surface area is 165 Å². The lowest BCUT2D eigenvalue weighted by atomic mass is 10.1. The molecule has 2 N–H and O–H groups in total. The van der Waals surface area contributed by atoms with Crippen LogP contribution < -0.4 is 10.3 Å². The van der Waals surface area contributed by atoms with Crippen LogP contribution in [0, 0.1) is 24.0 Å². The van der Waals surface area contributed by atoms with Crippen LogP contribution >= 0.6 is 0 Å². The van der Waals surface area contributed by atoms with Gasteiger partial charge in [0, 0.05) is 27.9 Å². The molecule has 0 unspecified atom stereocenters. The molecule has 4 rings (SSSR count). The molecule has 0 aliphatic heterocycles. The molecule has 29 heavy (non-hydrogen) atoms. The highest BCUT2D eigenvalue weighted by Crippen LogP contribution is 2.27. The van der Waals surface area contributed by atoms with Gasteiger partial charge in [-0.15, -0.1) is 0 Å². The largest absolute Gasteiger partial charge is 0.411 e.